The van der Waals surface area contributed by atoms with Gasteiger partial charge >= 0.3 is 5.97 Å². The van der Waals surface area contributed by atoms with Crippen LogP contribution >= 0.6 is 58.5 Å². The van der Waals surface area contributed by atoms with Gasteiger partial charge < -0.3 is 21.9 Å². The topological polar surface area (TPSA) is 165 Å². The Balaban J connectivity index is 1.36. The van der Waals surface area contributed by atoms with E-state index in [1.807, 2.05) is 0 Å². The number of hydrogen-bond acceptors (Lipinski definition) is 10. The Bertz CT molecular complexity index is 1310. The third-order valence-corrected chi connectivity index (χ3v) is 8.98. The zero-order chi connectivity index (χ0) is 26.7. The predicted octanol–water partition coefficient (Wildman–Crippen LogP) is 3.13. The van der Waals surface area contributed by atoms with Crippen molar-refractivity contribution >= 4 is 87.9 Å². The summed E-state index contributed by atoms with van der Waals surface area (Å²) in [6.45, 7) is 0. The van der Waals surface area contributed by atoms with Gasteiger partial charge in [-0.05, 0) is 23.8 Å². The number of fused-ring (bicyclic) bond motifs is 1. The smallest absolute Gasteiger partial charge is 0.352 e. The molecule has 1 aromatic heterocycles. The lowest BCUT2D eigenvalue weighted by molar-refractivity contribution is -0.150. The third kappa shape index (κ3) is 6.47. The van der Waals surface area contributed by atoms with E-state index in [4.69, 9.17) is 34.7 Å². The maximum Gasteiger partial charge on any atom is 0.352 e. The van der Waals surface area contributed by atoms with Crippen LogP contribution < -0.4 is 16.8 Å². The SMILES string of the molecule is Nc1cc(N)nc(SCC=CC2=C(C(=O)O)N3C(=O)[C@@H](NC(=O)CSc4cc(Cl)ccc4Cl)[C@H]3SC2)n1. The normalized spacial score (nSPS) is 19.1. The number of carbonyl (C=O) groups excluding carboxylic acids is 2. The van der Waals surface area contributed by atoms with Crippen LogP contribution in [0.4, 0.5) is 11.6 Å². The van der Waals surface area contributed by atoms with E-state index in [-0.39, 0.29) is 29.0 Å². The van der Waals surface area contributed by atoms with Crippen molar-refractivity contribution in [3.63, 3.8) is 0 Å². The number of carboxylic acid groups (broad SMARTS) is 1. The summed E-state index contributed by atoms with van der Waals surface area (Å²) in [6.07, 6.45) is 3.42. The van der Waals surface area contributed by atoms with E-state index in [9.17, 15) is 19.5 Å². The summed E-state index contributed by atoms with van der Waals surface area (Å²) in [6, 6.07) is 5.59. The molecule has 10 nitrogen and oxygen atoms in total. The summed E-state index contributed by atoms with van der Waals surface area (Å²) in [7, 11) is 0. The number of anilines is 2. The van der Waals surface area contributed by atoms with E-state index in [1.165, 1.54) is 46.3 Å². The molecule has 2 aromatic rings. The highest BCUT2D eigenvalue weighted by Gasteiger charge is 2.53. The van der Waals surface area contributed by atoms with Crippen molar-refractivity contribution in [2.45, 2.75) is 21.5 Å². The van der Waals surface area contributed by atoms with Crippen LogP contribution in [0, 0.1) is 0 Å². The van der Waals surface area contributed by atoms with Gasteiger partial charge in [-0.25, -0.2) is 14.8 Å². The van der Waals surface area contributed by atoms with E-state index in [0.29, 0.717) is 37.2 Å². The van der Waals surface area contributed by atoms with Crippen molar-refractivity contribution in [2.24, 2.45) is 0 Å². The third-order valence-electron chi connectivity index (χ3n) is 5.14. The van der Waals surface area contributed by atoms with Gasteiger partial charge in [-0.2, -0.15) is 0 Å². The highest BCUT2D eigenvalue weighted by molar-refractivity contribution is 8.00. The predicted molar refractivity (Wildman–Crippen MR) is 148 cm³/mol. The Hall–Kier alpha value is -2.58. The molecule has 194 valence electrons. The van der Waals surface area contributed by atoms with Crippen molar-refractivity contribution in [1.82, 2.24) is 20.2 Å². The van der Waals surface area contributed by atoms with Gasteiger partial charge in [-0.3, -0.25) is 14.5 Å². The maximum absolute atomic E-state index is 12.8. The molecule has 0 spiro atoms. The number of carboxylic acids is 1. The fraction of sp³-hybridized carbons (Fsp3) is 0.227. The van der Waals surface area contributed by atoms with Crippen molar-refractivity contribution < 1.29 is 19.5 Å². The Morgan fingerprint density at radius 2 is 1.95 bits per heavy atom. The van der Waals surface area contributed by atoms with E-state index >= 15 is 0 Å². The second-order valence-corrected chi connectivity index (χ2v) is 11.7. The molecule has 0 unspecified atom stereocenters. The zero-order valence-corrected chi connectivity index (χ0v) is 22.9. The first-order valence-electron chi connectivity index (χ1n) is 10.6. The van der Waals surface area contributed by atoms with Gasteiger partial charge in [0, 0.05) is 27.5 Å². The first-order chi connectivity index (χ1) is 17.6. The monoisotopic (exact) mass is 598 g/mol. The standard InChI is InChI=1S/C22H20Cl2N6O4S3/c23-11-3-4-12(24)13(6-11)36-9-16(31)29-17-19(32)30-18(21(33)34)10(8-37-20(17)30)2-1-5-35-22-27-14(25)7-15(26)28-22/h1-4,6-7,17,20H,5,8-9H2,(H,29,31)(H,33,34)(H4,25,26,27,28)/t17-,20-/m1/s1. The van der Waals surface area contributed by atoms with Crippen LogP contribution in [0.2, 0.25) is 10.0 Å². The van der Waals surface area contributed by atoms with E-state index in [2.05, 4.69) is 15.3 Å². The number of nitrogen functional groups attached to an aromatic ring is 2. The molecule has 1 aromatic carbocycles. The number of allylic oxidation sites excluding steroid dienone is 1. The van der Waals surface area contributed by atoms with Gasteiger partial charge in [-0.1, -0.05) is 47.1 Å². The Morgan fingerprint density at radius 3 is 2.65 bits per heavy atom. The summed E-state index contributed by atoms with van der Waals surface area (Å²) in [4.78, 5) is 47.4. The quantitative estimate of drug-likeness (QED) is 0.190. The number of nitrogens with zero attached hydrogens (tertiary/aromatic N) is 3. The molecule has 0 radical (unpaired) electrons. The average molecular weight is 600 g/mol. The molecule has 2 aliphatic rings. The molecule has 0 aliphatic carbocycles. The summed E-state index contributed by atoms with van der Waals surface area (Å²) >= 11 is 16.0. The Kier molecular flexibility index (Phi) is 8.80. The molecule has 2 aliphatic heterocycles. The number of rotatable bonds is 9. The molecule has 1 saturated heterocycles. The van der Waals surface area contributed by atoms with Crippen LogP contribution in [-0.2, 0) is 14.4 Å². The lowest BCUT2D eigenvalue weighted by Gasteiger charge is -2.49. The number of halogens is 2. The van der Waals surface area contributed by atoms with Gasteiger partial charge in [0.2, 0.25) is 5.91 Å². The van der Waals surface area contributed by atoms with E-state index in [0.717, 1.165) is 0 Å². The molecule has 37 heavy (non-hydrogen) atoms. The first-order valence-corrected chi connectivity index (χ1v) is 14.4. The summed E-state index contributed by atoms with van der Waals surface area (Å²) in [5.41, 5.74) is 11.7. The van der Waals surface area contributed by atoms with Crippen LogP contribution in [0.25, 0.3) is 0 Å². The summed E-state index contributed by atoms with van der Waals surface area (Å²) in [5, 5.41) is 13.4. The van der Waals surface area contributed by atoms with Crippen LogP contribution in [0.3, 0.4) is 0 Å². The minimum Gasteiger partial charge on any atom is -0.477 e. The second-order valence-electron chi connectivity index (χ2n) is 7.71. The Labute approximate surface area is 234 Å². The summed E-state index contributed by atoms with van der Waals surface area (Å²) in [5.74, 6) is -0.716. The molecule has 0 bridgehead atoms. The van der Waals surface area contributed by atoms with Gasteiger partial charge in [-0.15, -0.1) is 23.5 Å². The lowest BCUT2D eigenvalue weighted by atomic mass is 10.0. The number of amides is 2. The number of aromatic nitrogens is 2. The van der Waals surface area contributed by atoms with E-state index in [1.54, 1.807) is 30.4 Å². The average Bonchev–Trinajstić information content (AvgIpc) is 2.84. The first kappa shape index (κ1) is 27.5. The van der Waals surface area contributed by atoms with Crippen molar-refractivity contribution in [2.75, 3.05) is 28.7 Å². The molecular formula is C22H20Cl2N6O4S3. The number of hydrogen-bond donors (Lipinski definition) is 4. The molecule has 6 N–H and O–H groups in total. The van der Waals surface area contributed by atoms with E-state index < -0.39 is 23.3 Å². The number of nitrogens with one attached hydrogen (secondary N) is 1. The Morgan fingerprint density at radius 1 is 1.22 bits per heavy atom. The number of nitrogens with two attached hydrogens (primary N) is 2. The largest absolute Gasteiger partial charge is 0.477 e. The van der Waals surface area contributed by atoms with Crippen LogP contribution in [0.5, 0.6) is 0 Å². The van der Waals surface area contributed by atoms with Crippen molar-refractivity contribution in [1.29, 1.82) is 0 Å². The molecule has 2 atom stereocenters. The van der Waals surface area contributed by atoms with Gasteiger partial charge in [0.05, 0.1) is 10.8 Å². The van der Waals surface area contributed by atoms with Crippen molar-refractivity contribution in [3.8, 4) is 0 Å². The maximum atomic E-state index is 12.8. The number of aliphatic carboxylic acids is 1. The molecule has 3 heterocycles. The minimum absolute atomic E-state index is 0.0247. The second kappa shape index (κ2) is 11.9. The number of carbonyl (C=O) groups is 3. The summed E-state index contributed by atoms with van der Waals surface area (Å²) < 4.78 is 0. The number of thioether (sulfide) groups is 3. The van der Waals surface area contributed by atoms with Gasteiger partial charge in [0.25, 0.3) is 5.91 Å². The molecule has 2 amide bonds. The van der Waals surface area contributed by atoms with Gasteiger partial charge in [0.1, 0.15) is 28.7 Å². The number of β-lactam (4-membered cyclic amide) rings is 1. The van der Waals surface area contributed by atoms with Crippen LogP contribution in [0.1, 0.15) is 0 Å². The van der Waals surface area contributed by atoms with Gasteiger partial charge in [0.15, 0.2) is 5.16 Å². The van der Waals surface area contributed by atoms with Crippen molar-refractivity contribution in [3.05, 3.63) is 57.7 Å². The number of benzene rings is 1. The lowest BCUT2D eigenvalue weighted by Crippen LogP contribution is -2.70. The highest BCUT2D eigenvalue weighted by atomic mass is 35.5. The molecule has 1 fully saturated rings. The fourth-order valence-corrected chi connectivity index (χ4v) is 6.86. The highest BCUT2D eigenvalue weighted by Crippen LogP contribution is 2.41. The zero-order valence-electron chi connectivity index (χ0n) is 18.9. The molecule has 4 rings (SSSR count). The fourth-order valence-electron chi connectivity index (χ4n) is 3.56. The molecular weight excluding hydrogens is 579 g/mol. The molecule has 0 saturated carbocycles. The minimum atomic E-state index is -1.21. The van der Waals surface area contributed by atoms with Crippen LogP contribution in [0.15, 0.2) is 57.7 Å². The molecule has 15 heteroatoms. The van der Waals surface area contributed by atoms with Crippen LogP contribution in [-0.4, -0.2) is 66.4 Å².